The molecule has 4 nitrogen and oxygen atoms in total. The number of carbonyl (C=O) groups is 1. The van der Waals surface area contributed by atoms with Gasteiger partial charge < -0.3 is 14.4 Å². The van der Waals surface area contributed by atoms with E-state index in [0.29, 0.717) is 29.7 Å². The molecular formula is C21H22ClNO3. The van der Waals surface area contributed by atoms with E-state index in [4.69, 9.17) is 21.1 Å². The normalized spacial score (nSPS) is 13.6. The minimum absolute atomic E-state index is 0.0107. The quantitative estimate of drug-likeness (QED) is 0.733. The summed E-state index contributed by atoms with van der Waals surface area (Å²) in [6.45, 7) is 3.76. The summed E-state index contributed by atoms with van der Waals surface area (Å²) in [6, 6.07) is 11.8. The van der Waals surface area contributed by atoms with Gasteiger partial charge in [-0.2, -0.15) is 0 Å². The fraction of sp³-hybridized carbons (Fsp3) is 0.286. The molecule has 0 atom stereocenters. The van der Waals surface area contributed by atoms with Crippen LogP contribution in [0.25, 0.3) is 6.08 Å². The van der Waals surface area contributed by atoms with Crippen LogP contribution in [0.4, 0.5) is 0 Å². The predicted molar refractivity (Wildman–Crippen MR) is 104 cm³/mol. The topological polar surface area (TPSA) is 38.8 Å². The van der Waals surface area contributed by atoms with Gasteiger partial charge in [0.05, 0.1) is 18.7 Å². The van der Waals surface area contributed by atoms with Gasteiger partial charge >= 0.3 is 0 Å². The second kappa shape index (κ2) is 8.28. The molecular weight excluding hydrogens is 350 g/mol. The lowest BCUT2D eigenvalue weighted by molar-refractivity contribution is -0.126. The van der Waals surface area contributed by atoms with E-state index < -0.39 is 0 Å². The number of hydrogen-bond donors (Lipinski definition) is 0. The van der Waals surface area contributed by atoms with Gasteiger partial charge in [0.25, 0.3) is 0 Å². The number of hydrogen-bond acceptors (Lipinski definition) is 3. The first-order valence-electron chi connectivity index (χ1n) is 8.66. The van der Waals surface area contributed by atoms with Gasteiger partial charge in [0.1, 0.15) is 0 Å². The van der Waals surface area contributed by atoms with Gasteiger partial charge in [-0.15, -0.1) is 0 Å². The number of methoxy groups -OCH3 is 1. The molecule has 2 aromatic rings. The second-order valence-corrected chi connectivity index (χ2v) is 6.49. The van der Waals surface area contributed by atoms with E-state index in [1.165, 1.54) is 11.1 Å². The molecule has 0 aliphatic carbocycles. The highest BCUT2D eigenvalue weighted by Crippen LogP contribution is 2.36. The number of ether oxygens (including phenoxy) is 2. The van der Waals surface area contributed by atoms with Gasteiger partial charge in [-0.3, -0.25) is 4.79 Å². The van der Waals surface area contributed by atoms with Gasteiger partial charge in [0.2, 0.25) is 5.91 Å². The second-order valence-electron chi connectivity index (χ2n) is 6.08. The van der Waals surface area contributed by atoms with Crippen molar-refractivity contribution in [2.24, 2.45) is 0 Å². The number of halogens is 1. The molecule has 5 heteroatoms. The summed E-state index contributed by atoms with van der Waals surface area (Å²) < 4.78 is 10.9. The smallest absolute Gasteiger partial charge is 0.246 e. The van der Waals surface area contributed by atoms with Crippen molar-refractivity contribution in [2.45, 2.75) is 19.9 Å². The molecule has 26 heavy (non-hydrogen) atoms. The van der Waals surface area contributed by atoms with Crippen LogP contribution in [0, 0.1) is 0 Å². The number of fused-ring (bicyclic) bond motifs is 1. The third-order valence-corrected chi connectivity index (χ3v) is 4.68. The van der Waals surface area contributed by atoms with Crippen LogP contribution in [0.1, 0.15) is 23.6 Å². The average molecular weight is 372 g/mol. The molecule has 0 saturated heterocycles. The van der Waals surface area contributed by atoms with Crippen LogP contribution in [0.5, 0.6) is 11.5 Å². The molecule has 0 radical (unpaired) electrons. The van der Waals surface area contributed by atoms with Crippen LogP contribution in [0.3, 0.4) is 0 Å². The molecule has 2 aromatic carbocycles. The Morgan fingerprint density at radius 3 is 2.77 bits per heavy atom. The molecule has 1 aliphatic rings. The molecule has 0 fully saturated rings. The summed E-state index contributed by atoms with van der Waals surface area (Å²) in [5.74, 6) is 1.06. The molecule has 1 aliphatic heterocycles. The number of amides is 1. The van der Waals surface area contributed by atoms with Gasteiger partial charge in [-0.25, -0.2) is 0 Å². The Kier molecular flexibility index (Phi) is 5.84. The first-order valence-corrected chi connectivity index (χ1v) is 9.04. The lowest BCUT2D eigenvalue weighted by Gasteiger charge is -2.27. The maximum absolute atomic E-state index is 12.5. The van der Waals surface area contributed by atoms with Gasteiger partial charge in [0.15, 0.2) is 11.5 Å². The molecule has 3 rings (SSSR count). The van der Waals surface area contributed by atoms with Crippen LogP contribution in [0.2, 0.25) is 5.02 Å². The summed E-state index contributed by atoms with van der Waals surface area (Å²) in [5, 5.41) is 0.463. The van der Waals surface area contributed by atoms with Gasteiger partial charge in [-0.1, -0.05) is 35.9 Å². The van der Waals surface area contributed by atoms with E-state index in [1.54, 1.807) is 25.3 Å². The molecule has 136 valence electrons. The minimum Gasteiger partial charge on any atom is -0.493 e. The lowest BCUT2D eigenvalue weighted by atomic mass is 10.00. The Hall–Kier alpha value is -2.46. The largest absolute Gasteiger partial charge is 0.493 e. The van der Waals surface area contributed by atoms with Crippen molar-refractivity contribution >= 4 is 23.6 Å². The molecule has 0 saturated carbocycles. The van der Waals surface area contributed by atoms with Crippen molar-refractivity contribution in [1.29, 1.82) is 0 Å². The molecule has 0 unspecified atom stereocenters. The Bertz CT molecular complexity index is 832. The number of carbonyl (C=O) groups excluding carboxylic acids is 1. The summed E-state index contributed by atoms with van der Waals surface area (Å²) in [6.07, 6.45) is 4.23. The third kappa shape index (κ3) is 4.02. The summed E-state index contributed by atoms with van der Waals surface area (Å²) in [7, 11) is 1.57. The summed E-state index contributed by atoms with van der Waals surface area (Å²) in [4.78, 5) is 14.4. The third-order valence-electron chi connectivity index (χ3n) is 4.40. The van der Waals surface area contributed by atoms with Crippen molar-refractivity contribution in [3.05, 3.63) is 64.2 Å². The Morgan fingerprint density at radius 1 is 1.27 bits per heavy atom. The van der Waals surface area contributed by atoms with Gasteiger partial charge in [0, 0.05) is 19.2 Å². The van der Waals surface area contributed by atoms with E-state index in [-0.39, 0.29) is 5.91 Å². The zero-order valence-corrected chi connectivity index (χ0v) is 15.8. The molecule has 0 bridgehead atoms. The van der Waals surface area contributed by atoms with E-state index in [2.05, 4.69) is 12.1 Å². The van der Waals surface area contributed by atoms with E-state index in [1.807, 2.05) is 30.0 Å². The number of rotatable bonds is 5. The Balaban J connectivity index is 1.74. The maximum atomic E-state index is 12.5. The highest BCUT2D eigenvalue weighted by Gasteiger charge is 2.18. The number of nitrogens with zero attached hydrogens (tertiary/aromatic N) is 1. The first kappa shape index (κ1) is 18.3. The van der Waals surface area contributed by atoms with Crippen LogP contribution >= 0.6 is 11.6 Å². The van der Waals surface area contributed by atoms with Crippen molar-refractivity contribution < 1.29 is 14.3 Å². The van der Waals surface area contributed by atoms with E-state index in [0.717, 1.165) is 18.5 Å². The molecule has 1 amide bonds. The monoisotopic (exact) mass is 371 g/mol. The zero-order valence-electron chi connectivity index (χ0n) is 15.0. The molecule has 0 N–H and O–H groups in total. The average Bonchev–Trinajstić information content (AvgIpc) is 2.67. The van der Waals surface area contributed by atoms with Crippen LogP contribution in [-0.2, 0) is 17.8 Å². The molecule has 0 spiro atoms. The zero-order chi connectivity index (χ0) is 18.5. The highest BCUT2D eigenvalue weighted by molar-refractivity contribution is 6.32. The van der Waals surface area contributed by atoms with Crippen molar-refractivity contribution in [3.8, 4) is 11.5 Å². The van der Waals surface area contributed by atoms with E-state index in [9.17, 15) is 4.79 Å². The predicted octanol–water partition coefficient (Wildman–Crippen LogP) is 4.35. The minimum atomic E-state index is -0.0107. The SMILES string of the molecule is CCOc1c(Cl)cc(/C=C/C(=O)N2CCc3ccccc3C2)cc1OC. The van der Waals surface area contributed by atoms with E-state index >= 15 is 0 Å². The fourth-order valence-electron chi connectivity index (χ4n) is 3.08. The van der Waals surface area contributed by atoms with Crippen LogP contribution in [0.15, 0.2) is 42.5 Å². The lowest BCUT2D eigenvalue weighted by Crippen LogP contribution is -2.34. The van der Waals surface area contributed by atoms with Crippen LogP contribution < -0.4 is 9.47 Å². The number of benzene rings is 2. The van der Waals surface area contributed by atoms with Crippen molar-refractivity contribution in [2.75, 3.05) is 20.3 Å². The maximum Gasteiger partial charge on any atom is 0.246 e. The van der Waals surface area contributed by atoms with Crippen LogP contribution in [-0.4, -0.2) is 31.1 Å². The first-order chi connectivity index (χ1) is 12.6. The van der Waals surface area contributed by atoms with Crippen molar-refractivity contribution in [1.82, 2.24) is 4.90 Å². The Morgan fingerprint density at radius 2 is 2.04 bits per heavy atom. The highest BCUT2D eigenvalue weighted by atomic mass is 35.5. The Labute approximate surface area is 159 Å². The van der Waals surface area contributed by atoms with Crippen molar-refractivity contribution in [3.63, 3.8) is 0 Å². The molecule has 0 aromatic heterocycles. The summed E-state index contributed by atoms with van der Waals surface area (Å²) >= 11 is 6.28. The fourth-order valence-corrected chi connectivity index (χ4v) is 3.35. The standard InChI is InChI=1S/C21H22ClNO3/c1-3-26-21-18(22)12-15(13-19(21)25-2)8-9-20(24)23-11-10-16-6-4-5-7-17(16)14-23/h4-9,12-13H,3,10-11,14H2,1-2H3/b9-8+. The summed E-state index contributed by atoms with van der Waals surface area (Å²) in [5.41, 5.74) is 3.33. The molecule has 1 heterocycles. The van der Waals surface area contributed by atoms with Gasteiger partial charge in [-0.05, 0) is 48.2 Å².